The lowest BCUT2D eigenvalue weighted by molar-refractivity contribution is 0.0884. The van der Waals surface area contributed by atoms with Crippen molar-refractivity contribution in [2.24, 2.45) is 0 Å². The van der Waals surface area contributed by atoms with Crippen LogP contribution in [0.5, 0.6) is 11.5 Å². The first-order chi connectivity index (χ1) is 13.7. The number of ether oxygens (including phenoxy) is 2. The van der Waals surface area contributed by atoms with Gasteiger partial charge < -0.3 is 19.7 Å². The van der Waals surface area contributed by atoms with Crippen LogP contribution in [0.4, 0.5) is 0 Å². The standard InChI is InChI=1S/C24H26O4/c1-27-21-15-9-14-20(23(21)28-2)24(22(26)16-17-25,18-10-5-3-6-11-18)19-12-7-4-8-13-19/h3-15,22,25-26H,16-17H2,1-2H3. The maximum atomic E-state index is 11.4. The van der Waals surface area contributed by atoms with Gasteiger partial charge in [-0.1, -0.05) is 72.8 Å². The van der Waals surface area contributed by atoms with Gasteiger partial charge in [-0.3, -0.25) is 0 Å². The van der Waals surface area contributed by atoms with Crippen LogP contribution in [0.15, 0.2) is 78.9 Å². The summed E-state index contributed by atoms with van der Waals surface area (Å²) in [5.74, 6) is 1.15. The van der Waals surface area contributed by atoms with Gasteiger partial charge in [0, 0.05) is 12.2 Å². The molecule has 3 aromatic rings. The quantitative estimate of drug-likeness (QED) is 0.586. The smallest absolute Gasteiger partial charge is 0.165 e. The Bertz CT molecular complexity index is 838. The van der Waals surface area contributed by atoms with Crippen molar-refractivity contribution < 1.29 is 19.7 Å². The predicted molar refractivity (Wildman–Crippen MR) is 110 cm³/mol. The van der Waals surface area contributed by atoms with E-state index in [4.69, 9.17) is 9.47 Å². The molecule has 0 spiro atoms. The Kier molecular flexibility index (Phi) is 6.34. The van der Waals surface area contributed by atoms with E-state index < -0.39 is 11.5 Å². The molecule has 0 amide bonds. The summed E-state index contributed by atoms with van der Waals surface area (Å²) in [4.78, 5) is 0. The third-order valence-corrected chi connectivity index (χ3v) is 5.19. The van der Waals surface area contributed by atoms with Crippen LogP contribution in [0.2, 0.25) is 0 Å². The number of rotatable bonds is 8. The highest BCUT2D eigenvalue weighted by atomic mass is 16.5. The van der Waals surface area contributed by atoms with Crippen molar-refractivity contribution in [1.82, 2.24) is 0 Å². The molecule has 2 N–H and O–H groups in total. The summed E-state index contributed by atoms with van der Waals surface area (Å²) in [5, 5.41) is 21.1. The minimum absolute atomic E-state index is 0.130. The third kappa shape index (κ3) is 3.37. The second kappa shape index (κ2) is 8.91. The molecule has 3 aromatic carbocycles. The van der Waals surface area contributed by atoms with Gasteiger partial charge in [0.2, 0.25) is 0 Å². The second-order valence-electron chi connectivity index (χ2n) is 6.61. The van der Waals surface area contributed by atoms with Gasteiger partial charge in [-0.15, -0.1) is 0 Å². The summed E-state index contributed by atoms with van der Waals surface area (Å²) < 4.78 is 11.3. The Hall–Kier alpha value is -2.82. The number of aliphatic hydroxyl groups excluding tert-OH is 2. The maximum absolute atomic E-state index is 11.4. The predicted octanol–water partition coefficient (Wildman–Crippen LogP) is 3.78. The van der Waals surface area contributed by atoms with E-state index in [1.54, 1.807) is 14.2 Å². The minimum Gasteiger partial charge on any atom is -0.493 e. The average Bonchev–Trinajstić information content (AvgIpc) is 2.76. The monoisotopic (exact) mass is 378 g/mol. The first-order valence-electron chi connectivity index (χ1n) is 9.31. The highest BCUT2D eigenvalue weighted by Gasteiger charge is 2.45. The molecule has 28 heavy (non-hydrogen) atoms. The molecule has 0 fully saturated rings. The second-order valence-corrected chi connectivity index (χ2v) is 6.61. The molecule has 0 saturated carbocycles. The molecule has 0 heterocycles. The highest BCUT2D eigenvalue weighted by molar-refractivity contribution is 5.60. The Morgan fingerprint density at radius 2 is 1.36 bits per heavy atom. The molecular weight excluding hydrogens is 352 g/mol. The van der Waals surface area contributed by atoms with Gasteiger partial charge in [0.05, 0.1) is 25.7 Å². The van der Waals surface area contributed by atoms with E-state index in [1.807, 2.05) is 78.9 Å². The van der Waals surface area contributed by atoms with Gasteiger partial charge in [0.15, 0.2) is 11.5 Å². The van der Waals surface area contributed by atoms with Crippen LogP contribution in [0.3, 0.4) is 0 Å². The molecule has 0 aliphatic rings. The topological polar surface area (TPSA) is 58.9 Å². The fourth-order valence-electron chi connectivity index (χ4n) is 3.98. The van der Waals surface area contributed by atoms with E-state index >= 15 is 0 Å². The fraction of sp³-hybridized carbons (Fsp3) is 0.250. The van der Waals surface area contributed by atoms with Gasteiger partial charge in [0.1, 0.15) is 0 Å². The molecule has 0 aliphatic heterocycles. The first kappa shape index (κ1) is 19.9. The van der Waals surface area contributed by atoms with Crippen molar-refractivity contribution in [2.45, 2.75) is 17.9 Å². The van der Waals surface area contributed by atoms with Crippen LogP contribution >= 0.6 is 0 Å². The van der Waals surface area contributed by atoms with E-state index in [9.17, 15) is 10.2 Å². The number of aliphatic hydroxyl groups is 2. The molecule has 4 nitrogen and oxygen atoms in total. The van der Waals surface area contributed by atoms with Gasteiger partial charge >= 0.3 is 0 Å². The van der Waals surface area contributed by atoms with E-state index in [0.29, 0.717) is 11.5 Å². The van der Waals surface area contributed by atoms with Crippen LogP contribution in [0, 0.1) is 0 Å². The van der Waals surface area contributed by atoms with E-state index in [2.05, 4.69) is 0 Å². The van der Waals surface area contributed by atoms with Crippen LogP contribution < -0.4 is 9.47 Å². The Labute approximate surface area is 166 Å². The number of hydrogen-bond donors (Lipinski definition) is 2. The Morgan fingerprint density at radius 3 is 1.82 bits per heavy atom. The molecule has 4 heteroatoms. The van der Waals surface area contributed by atoms with Crippen LogP contribution in [-0.2, 0) is 5.41 Å². The molecule has 1 unspecified atom stereocenters. The normalized spacial score (nSPS) is 12.4. The van der Waals surface area contributed by atoms with E-state index in [1.165, 1.54) is 0 Å². The summed E-state index contributed by atoms with van der Waals surface area (Å²) >= 11 is 0. The van der Waals surface area contributed by atoms with Gasteiger partial charge in [0.25, 0.3) is 0 Å². The zero-order chi connectivity index (χ0) is 20.0. The molecule has 3 rings (SSSR count). The minimum atomic E-state index is -0.939. The van der Waals surface area contributed by atoms with Crippen molar-refractivity contribution in [3.8, 4) is 11.5 Å². The van der Waals surface area contributed by atoms with Gasteiger partial charge in [-0.05, 0) is 23.6 Å². The number of para-hydroxylation sites is 1. The summed E-state index contributed by atoms with van der Waals surface area (Å²) in [6, 6.07) is 25.3. The lowest BCUT2D eigenvalue weighted by Gasteiger charge is -2.40. The average molecular weight is 378 g/mol. The maximum Gasteiger partial charge on any atom is 0.165 e. The van der Waals surface area contributed by atoms with Crippen molar-refractivity contribution in [1.29, 1.82) is 0 Å². The lowest BCUT2D eigenvalue weighted by atomic mass is 9.64. The van der Waals surface area contributed by atoms with Crippen LogP contribution in [0.1, 0.15) is 23.1 Å². The number of methoxy groups -OCH3 is 2. The lowest BCUT2D eigenvalue weighted by Crippen LogP contribution is -2.43. The summed E-state index contributed by atoms with van der Waals surface area (Å²) in [6.07, 6.45) is -0.673. The van der Waals surface area contributed by atoms with E-state index in [-0.39, 0.29) is 13.0 Å². The largest absolute Gasteiger partial charge is 0.493 e. The fourth-order valence-corrected chi connectivity index (χ4v) is 3.98. The summed E-state index contributed by atoms with van der Waals surface area (Å²) in [6.45, 7) is -0.130. The highest BCUT2D eigenvalue weighted by Crippen LogP contribution is 2.49. The van der Waals surface area contributed by atoms with Gasteiger partial charge in [-0.25, -0.2) is 0 Å². The number of benzene rings is 3. The number of hydrogen-bond acceptors (Lipinski definition) is 4. The third-order valence-electron chi connectivity index (χ3n) is 5.19. The van der Waals surface area contributed by atoms with Gasteiger partial charge in [-0.2, -0.15) is 0 Å². The molecule has 0 aromatic heterocycles. The molecular formula is C24H26O4. The van der Waals surface area contributed by atoms with Crippen molar-refractivity contribution in [2.75, 3.05) is 20.8 Å². The molecule has 1 atom stereocenters. The Balaban J connectivity index is 2.44. The zero-order valence-electron chi connectivity index (χ0n) is 16.2. The zero-order valence-corrected chi connectivity index (χ0v) is 16.2. The van der Waals surface area contributed by atoms with E-state index in [0.717, 1.165) is 16.7 Å². The SMILES string of the molecule is COc1cccc(C(c2ccccc2)(c2ccccc2)C(O)CCO)c1OC. The van der Waals surface area contributed by atoms with Crippen molar-refractivity contribution in [3.63, 3.8) is 0 Å². The van der Waals surface area contributed by atoms with Crippen LogP contribution in [0.25, 0.3) is 0 Å². The molecule has 0 radical (unpaired) electrons. The molecule has 0 saturated heterocycles. The molecule has 0 aliphatic carbocycles. The summed E-state index contributed by atoms with van der Waals surface area (Å²) in [5.41, 5.74) is 1.67. The molecule has 146 valence electrons. The Morgan fingerprint density at radius 1 is 0.786 bits per heavy atom. The first-order valence-corrected chi connectivity index (χ1v) is 9.31. The van der Waals surface area contributed by atoms with Crippen molar-refractivity contribution in [3.05, 3.63) is 95.6 Å². The molecule has 0 bridgehead atoms. The summed E-state index contributed by atoms with van der Waals surface area (Å²) in [7, 11) is 3.19. The van der Waals surface area contributed by atoms with Crippen LogP contribution in [-0.4, -0.2) is 37.1 Å². The van der Waals surface area contributed by atoms with Crippen molar-refractivity contribution >= 4 is 0 Å².